The van der Waals surface area contributed by atoms with E-state index in [2.05, 4.69) is 35.3 Å². The molecule has 114 valence electrons. The van der Waals surface area contributed by atoms with E-state index in [4.69, 9.17) is 0 Å². The lowest BCUT2D eigenvalue weighted by Crippen LogP contribution is -2.48. The lowest BCUT2D eigenvalue weighted by molar-refractivity contribution is -0.130. The molecule has 0 bridgehead atoms. The van der Waals surface area contributed by atoms with Crippen LogP contribution in [0.25, 0.3) is 0 Å². The van der Waals surface area contributed by atoms with Crippen molar-refractivity contribution in [3.8, 4) is 0 Å². The average Bonchev–Trinajstić information content (AvgIpc) is 2.84. The Bertz CT molecular complexity index is 521. The second-order valence-electron chi connectivity index (χ2n) is 6.34. The van der Waals surface area contributed by atoms with Crippen molar-refractivity contribution in [2.45, 2.75) is 32.7 Å². The summed E-state index contributed by atoms with van der Waals surface area (Å²) in [6.45, 7) is 8.74. The van der Waals surface area contributed by atoms with E-state index in [1.54, 1.807) is 6.92 Å². The van der Waals surface area contributed by atoms with E-state index >= 15 is 0 Å². The Balaban J connectivity index is 1.50. The third-order valence-corrected chi connectivity index (χ3v) is 4.63. The van der Waals surface area contributed by atoms with Gasteiger partial charge in [0.1, 0.15) is 0 Å². The Morgan fingerprint density at radius 1 is 1.29 bits per heavy atom. The van der Waals surface area contributed by atoms with Crippen LogP contribution in [0.4, 0.5) is 5.69 Å². The Labute approximate surface area is 127 Å². The third-order valence-electron chi connectivity index (χ3n) is 4.63. The number of hydrogen-bond donors (Lipinski definition) is 1. The van der Waals surface area contributed by atoms with Gasteiger partial charge in [0.2, 0.25) is 5.91 Å². The molecule has 2 aliphatic rings. The largest absolute Gasteiger partial charge is 0.382 e. The van der Waals surface area contributed by atoms with Gasteiger partial charge in [0.05, 0.1) is 0 Å². The monoisotopic (exact) mass is 287 g/mol. The fraction of sp³-hybridized carbons (Fsp3) is 0.588. The molecular weight excluding hydrogens is 262 g/mol. The molecule has 0 aliphatic carbocycles. The zero-order valence-electron chi connectivity index (χ0n) is 13.1. The maximum Gasteiger partial charge on any atom is 0.219 e. The zero-order chi connectivity index (χ0) is 14.8. The van der Waals surface area contributed by atoms with Crippen molar-refractivity contribution in [3.05, 3.63) is 29.3 Å². The van der Waals surface area contributed by atoms with Gasteiger partial charge in [-0.3, -0.25) is 9.69 Å². The molecule has 1 fully saturated rings. The van der Waals surface area contributed by atoms with Crippen LogP contribution >= 0.6 is 0 Å². The van der Waals surface area contributed by atoms with Crippen molar-refractivity contribution in [3.63, 3.8) is 0 Å². The van der Waals surface area contributed by atoms with Crippen molar-refractivity contribution in [1.82, 2.24) is 9.80 Å². The minimum atomic E-state index is 0.204. The summed E-state index contributed by atoms with van der Waals surface area (Å²) < 4.78 is 0. The number of hydrogen-bond acceptors (Lipinski definition) is 3. The number of amides is 1. The van der Waals surface area contributed by atoms with Crippen molar-refractivity contribution in [2.24, 2.45) is 0 Å². The van der Waals surface area contributed by atoms with E-state index in [1.165, 1.54) is 16.8 Å². The fourth-order valence-electron chi connectivity index (χ4n) is 3.33. The molecule has 4 nitrogen and oxygen atoms in total. The number of carbonyl (C=O) groups excluding carboxylic acids is 1. The maximum atomic E-state index is 11.3. The van der Waals surface area contributed by atoms with Gasteiger partial charge in [0, 0.05) is 51.4 Å². The molecule has 1 N–H and O–H groups in total. The summed E-state index contributed by atoms with van der Waals surface area (Å²) in [6, 6.07) is 7.39. The van der Waals surface area contributed by atoms with Crippen LogP contribution in [0.2, 0.25) is 0 Å². The zero-order valence-corrected chi connectivity index (χ0v) is 13.1. The summed E-state index contributed by atoms with van der Waals surface area (Å²) in [6.07, 6.45) is 2.24. The SMILES string of the molecule is CC(=O)N1CCN(CCc2ccc3c(c2)CC(C)N3)CC1. The summed E-state index contributed by atoms with van der Waals surface area (Å²) in [5, 5.41) is 3.50. The number of nitrogens with zero attached hydrogens (tertiary/aromatic N) is 2. The van der Waals surface area contributed by atoms with Gasteiger partial charge in [-0.2, -0.15) is 0 Å². The Morgan fingerprint density at radius 2 is 2.05 bits per heavy atom. The molecule has 0 spiro atoms. The van der Waals surface area contributed by atoms with Crippen molar-refractivity contribution in [1.29, 1.82) is 0 Å². The van der Waals surface area contributed by atoms with Crippen LogP contribution in [0.1, 0.15) is 25.0 Å². The van der Waals surface area contributed by atoms with Crippen LogP contribution in [-0.4, -0.2) is 54.5 Å². The molecule has 4 heteroatoms. The highest BCUT2D eigenvalue weighted by Gasteiger charge is 2.19. The van der Waals surface area contributed by atoms with Crippen LogP contribution in [0.15, 0.2) is 18.2 Å². The molecule has 1 amide bonds. The molecule has 0 radical (unpaired) electrons. The van der Waals surface area contributed by atoms with Crippen LogP contribution in [0.5, 0.6) is 0 Å². The Hall–Kier alpha value is -1.55. The molecule has 1 aromatic rings. The Morgan fingerprint density at radius 3 is 2.76 bits per heavy atom. The van der Waals surface area contributed by atoms with E-state index in [1.807, 2.05) is 4.90 Å². The van der Waals surface area contributed by atoms with Crippen LogP contribution in [0.3, 0.4) is 0 Å². The quantitative estimate of drug-likeness (QED) is 0.920. The molecule has 1 atom stereocenters. The predicted octanol–water partition coefficient (Wildman–Crippen LogP) is 1.75. The van der Waals surface area contributed by atoms with Gasteiger partial charge in [0.25, 0.3) is 0 Å². The first-order valence-corrected chi connectivity index (χ1v) is 7.98. The van der Waals surface area contributed by atoms with Gasteiger partial charge < -0.3 is 10.2 Å². The fourth-order valence-corrected chi connectivity index (χ4v) is 3.33. The number of piperazine rings is 1. The van der Waals surface area contributed by atoms with Crippen LogP contribution in [0, 0.1) is 0 Å². The molecule has 3 rings (SSSR count). The highest BCUT2D eigenvalue weighted by molar-refractivity contribution is 5.73. The summed E-state index contributed by atoms with van der Waals surface area (Å²) in [7, 11) is 0. The molecule has 1 saturated heterocycles. The molecular formula is C17H25N3O. The first-order chi connectivity index (χ1) is 10.1. The van der Waals surface area contributed by atoms with Crippen LogP contribution < -0.4 is 5.32 Å². The Kier molecular flexibility index (Phi) is 4.15. The second kappa shape index (κ2) is 6.06. The van der Waals surface area contributed by atoms with Gasteiger partial charge in [-0.15, -0.1) is 0 Å². The van der Waals surface area contributed by atoms with E-state index in [0.29, 0.717) is 6.04 Å². The number of carbonyl (C=O) groups is 1. The predicted molar refractivity (Wildman–Crippen MR) is 85.6 cm³/mol. The number of fused-ring (bicyclic) bond motifs is 1. The van der Waals surface area contributed by atoms with Gasteiger partial charge >= 0.3 is 0 Å². The minimum absolute atomic E-state index is 0.204. The number of nitrogens with one attached hydrogen (secondary N) is 1. The number of benzene rings is 1. The summed E-state index contributed by atoms with van der Waals surface area (Å²) in [5.41, 5.74) is 4.20. The van der Waals surface area contributed by atoms with Gasteiger partial charge in [0.15, 0.2) is 0 Å². The second-order valence-corrected chi connectivity index (χ2v) is 6.34. The first kappa shape index (κ1) is 14.4. The number of rotatable bonds is 3. The van der Waals surface area contributed by atoms with E-state index < -0.39 is 0 Å². The minimum Gasteiger partial charge on any atom is -0.382 e. The van der Waals surface area contributed by atoms with Crippen molar-refractivity contribution in [2.75, 3.05) is 38.0 Å². The molecule has 1 aromatic carbocycles. The maximum absolute atomic E-state index is 11.3. The highest BCUT2D eigenvalue weighted by atomic mass is 16.2. The molecule has 2 heterocycles. The standard InChI is InChI=1S/C17H25N3O/c1-13-11-16-12-15(3-4-17(16)18-13)5-6-19-7-9-20(10-8-19)14(2)21/h3-4,12-13,18H,5-11H2,1-2H3. The van der Waals surface area contributed by atoms with Gasteiger partial charge in [-0.1, -0.05) is 12.1 Å². The topological polar surface area (TPSA) is 35.6 Å². The highest BCUT2D eigenvalue weighted by Crippen LogP contribution is 2.26. The average molecular weight is 287 g/mol. The molecule has 2 aliphatic heterocycles. The van der Waals surface area contributed by atoms with Crippen molar-refractivity contribution >= 4 is 11.6 Å². The summed E-state index contributed by atoms with van der Waals surface area (Å²) in [5.74, 6) is 0.204. The summed E-state index contributed by atoms with van der Waals surface area (Å²) >= 11 is 0. The third kappa shape index (κ3) is 3.38. The molecule has 0 saturated carbocycles. The number of anilines is 1. The lowest BCUT2D eigenvalue weighted by atomic mass is 10.0. The van der Waals surface area contributed by atoms with Crippen LogP contribution in [-0.2, 0) is 17.6 Å². The molecule has 1 unspecified atom stereocenters. The first-order valence-electron chi connectivity index (χ1n) is 7.98. The molecule has 21 heavy (non-hydrogen) atoms. The lowest BCUT2D eigenvalue weighted by Gasteiger charge is -2.34. The molecule has 0 aromatic heterocycles. The van der Waals surface area contributed by atoms with E-state index in [-0.39, 0.29) is 5.91 Å². The van der Waals surface area contributed by atoms with E-state index in [9.17, 15) is 4.79 Å². The van der Waals surface area contributed by atoms with E-state index in [0.717, 1.165) is 45.6 Å². The van der Waals surface area contributed by atoms with Crippen molar-refractivity contribution < 1.29 is 4.79 Å². The van der Waals surface area contributed by atoms with Gasteiger partial charge in [-0.25, -0.2) is 0 Å². The smallest absolute Gasteiger partial charge is 0.219 e. The summed E-state index contributed by atoms with van der Waals surface area (Å²) in [4.78, 5) is 15.7. The van der Waals surface area contributed by atoms with Gasteiger partial charge in [-0.05, 0) is 37.0 Å². The normalized spacial score (nSPS) is 22.0.